The molecule has 6 nitrogen and oxygen atoms in total. The van der Waals surface area contributed by atoms with Crippen LogP contribution in [0, 0.1) is 0 Å². The summed E-state index contributed by atoms with van der Waals surface area (Å²) in [5.41, 5.74) is 0.606. The van der Waals surface area contributed by atoms with Gasteiger partial charge in [0.1, 0.15) is 5.75 Å². The first-order valence-corrected chi connectivity index (χ1v) is 5.32. The van der Waals surface area contributed by atoms with Gasteiger partial charge in [0, 0.05) is 7.11 Å². The number of hydrogen-bond acceptors (Lipinski definition) is 4. The number of rotatable bonds is 6. The summed E-state index contributed by atoms with van der Waals surface area (Å²) >= 11 is 0. The molecule has 18 heavy (non-hydrogen) atoms. The Morgan fingerprint density at radius 3 is 2.72 bits per heavy atom. The molecule has 0 heterocycles. The molecular formula is C12H15NO5. The van der Waals surface area contributed by atoms with Crippen LogP contribution >= 0.6 is 0 Å². The normalized spacial score (nSPS) is 11.8. The topological polar surface area (TPSA) is 95.9 Å². The summed E-state index contributed by atoms with van der Waals surface area (Å²) in [7, 11) is 1.36. The molecule has 0 radical (unpaired) electrons. The van der Waals surface area contributed by atoms with Crippen LogP contribution in [0.3, 0.4) is 0 Å². The summed E-state index contributed by atoms with van der Waals surface area (Å²) < 4.78 is 4.70. The average molecular weight is 253 g/mol. The largest absolute Gasteiger partial charge is 0.508 e. The van der Waals surface area contributed by atoms with Gasteiger partial charge in [0.25, 0.3) is 0 Å². The maximum atomic E-state index is 11.6. The third-order valence-electron chi connectivity index (χ3n) is 2.24. The first-order valence-electron chi connectivity index (χ1n) is 5.32. The lowest BCUT2D eigenvalue weighted by molar-refractivity contribution is -0.143. The van der Waals surface area contributed by atoms with Crippen LogP contribution in [0.15, 0.2) is 24.3 Å². The molecule has 6 heteroatoms. The van der Waals surface area contributed by atoms with Crippen LogP contribution in [-0.4, -0.2) is 41.8 Å². The van der Waals surface area contributed by atoms with Crippen LogP contribution in [0.1, 0.15) is 5.56 Å². The van der Waals surface area contributed by atoms with Crippen molar-refractivity contribution in [2.75, 3.05) is 13.7 Å². The SMILES string of the molecule is COCC(NC(=O)Cc1cccc(O)c1)C(=O)O. The molecule has 0 saturated carbocycles. The van der Waals surface area contributed by atoms with Gasteiger partial charge in [-0.15, -0.1) is 0 Å². The van der Waals surface area contributed by atoms with Gasteiger partial charge in [-0.25, -0.2) is 4.79 Å². The van der Waals surface area contributed by atoms with Gasteiger partial charge in [0.05, 0.1) is 13.0 Å². The van der Waals surface area contributed by atoms with E-state index in [-0.39, 0.29) is 18.8 Å². The molecule has 98 valence electrons. The van der Waals surface area contributed by atoms with Crippen LogP contribution in [0.25, 0.3) is 0 Å². The number of carbonyl (C=O) groups excluding carboxylic acids is 1. The van der Waals surface area contributed by atoms with Gasteiger partial charge in [-0.05, 0) is 17.7 Å². The monoisotopic (exact) mass is 253 g/mol. The van der Waals surface area contributed by atoms with Crippen LogP contribution in [-0.2, 0) is 20.7 Å². The summed E-state index contributed by atoms with van der Waals surface area (Å²) in [6.45, 7) is -0.0961. The van der Waals surface area contributed by atoms with E-state index in [0.717, 1.165) is 0 Å². The maximum absolute atomic E-state index is 11.6. The van der Waals surface area contributed by atoms with Gasteiger partial charge < -0.3 is 20.3 Å². The molecule has 1 rings (SSSR count). The molecular weight excluding hydrogens is 238 g/mol. The van der Waals surface area contributed by atoms with E-state index in [1.165, 1.54) is 19.2 Å². The zero-order valence-corrected chi connectivity index (χ0v) is 9.92. The summed E-state index contributed by atoms with van der Waals surface area (Å²) in [6.07, 6.45) is 0.00188. The average Bonchev–Trinajstić information content (AvgIpc) is 2.28. The standard InChI is InChI=1S/C12H15NO5/c1-18-7-10(12(16)17)13-11(15)6-8-3-2-4-9(14)5-8/h2-5,10,14H,6-7H2,1H3,(H,13,15)(H,16,17). The molecule has 0 aliphatic heterocycles. The fraction of sp³-hybridized carbons (Fsp3) is 0.333. The Hall–Kier alpha value is -2.08. The van der Waals surface area contributed by atoms with E-state index in [9.17, 15) is 14.7 Å². The van der Waals surface area contributed by atoms with Gasteiger partial charge >= 0.3 is 5.97 Å². The Kier molecular flexibility index (Phi) is 5.13. The Balaban J connectivity index is 2.57. The summed E-state index contributed by atoms with van der Waals surface area (Å²) in [4.78, 5) is 22.4. The Morgan fingerprint density at radius 1 is 1.44 bits per heavy atom. The van der Waals surface area contributed by atoms with Crippen molar-refractivity contribution in [3.05, 3.63) is 29.8 Å². The second-order valence-electron chi connectivity index (χ2n) is 3.76. The van der Waals surface area contributed by atoms with Crippen LogP contribution in [0.2, 0.25) is 0 Å². The van der Waals surface area contributed by atoms with Gasteiger partial charge in [0.2, 0.25) is 5.91 Å². The van der Waals surface area contributed by atoms with E-state index in [0.29, 0.717) is 5.56 Å². The van der Waals surface area contributed by atoms with E-state index in [4.69, 9.17) is 9.84 Å². The Morgan fingerprint density at radius 2 is 2.17 bits per heavy atom. The van der Waals surface area contributed by atoms with Crippen molar-refractivity contribution in [3.63, 3.8) is 0 Å². The number of phenolic OH excluding ortho intramolecular Hbond substituents is 1. The molecule has 1 aromatic rings. The lowest BCUT2D eigenvalue weighted by Crippen LogP contribution is -2.44. The van der Waals surface area contributed by atoms with Crippen molar-refractivity contribution in [1.82, 2.24) is 5.32 Å². The number of methoxy groups -OCH3 is 1. The van der Waals surface area contributed by atoms with E-state index in [2.05, 4.69) is 5.32 Å². The molecule has 1 amide bonds. The van der Waals surface area contributed by atoms with E-state index in [1.807, 2.05) is 0 Å². The van der Waals surface area contributed by atoms with E-state index < -0.39 is 17.9 Å². The van der Waals surface area contributed by atoms with Gasteiger partial charge in [-0.1, -0.05) is 12.1 Å². The highest BCUT2D eigenvalue weighted by Crippen LogP contribution is 2.11. The Bertz CT molecular complexity index is 432. The minimum absolute atomic E-state index is 0.00188. The first-order chi connectivity index (χ1) is 8.52. The van der Waals surface area contributed by atoms with Crippen molar-refractivity contribution >= 4 is 11.9 Å². The highest BCUT2D eigenvalue weighted by molar-refractivity contribution is 5.84. The third-order valence-corrected chi connectivity index (χ3v) is 2.24. The second kappa shape index (κ2) is 6.61. The molecule has 0 aliphatic carbocycles. The van der Waals surface area contributed by atoms with Crippen molar-refractivity contribution in [2.24, 2.45) is 0 Å². The van der Waals surface area contributed by atoms with Crippen molar-refractivity contribution in [3.8, 4) is 5.75 Å². The predicted molar refractivity (Wildman–Crippen MR) is 63.3 cm³/mol. The fourth-order valence-corrected chi connectivity index (χ4v) is 1.44. The fourth-order valence-electron chi connectivity index (χ4n) is 1.44. The molecule has 0 fully saturated rings. The quantitative estimate of drug-likeness (QED) is 0.670. The predicted octanol–water partition coefficient (Wildman–Crippen LogP) is 0.150. The maximum Gasteiger partial charge on any atom is 0.328 e. The highest BCUT2D eigenvalue weighted by Gasteiger charge is 2.19. The van der Waals surface area contributed by atoms with Crippen molar-refractivity contribution in [1.29, 1.82) is 0 Å². The zero-order valence-electron chi connectivity index (χ0n) is 9.92. The molecule has 0 spiro atoms. The Labute approximate surface area is 104 Å². The molecule has 3 N–H and O–H groups in total. The van der Waals surface area contributed by atoms with Crippen molar-refractivity contribution in [2.45, 2.75) is 12.5 Å². The van der Waals surface area contributed by atoms with Gasteiger partial charge in [-0.3, -0.25) is 4.79 Å². The van der Waals surface area contributed by atoms with Crippen LogP contribution in [0.4, 0.5) is 0 Å². The number of ether oxygens (including phenoxy) is 1. The minimum atomic E-state index is -1.15. The number of carboxylic acid groups (broad SMARTS) is 1. The molecule has 0 aliphatic rings. The van der Waals surface area contributed by atoms with E-state index >= 15 is 0 Å². The number of hydrogen-bond donors (Lipinski definition) is 3. The zero-order chi connectivity index (χ0) is 13.5. The molecule has 0 aromatic heterocycles. The number of aliphatic carboxylic acids is 1. The number of benzene rings is 1. The third kappa shape index (κ3) is 4.42. The number of phenols is 1. The van der Waals surface area contributed by atoms with E-state index in [1.54, 1.807) is 12.1 Å². The lowest BCUT2D eigenvalue weighted by Gasteiger charge is -2.13. The molecule has 1 aromatic carbocycles. The smallest absolute Gasteiger partial charge is 0.328 e. The highest BCUT2D eigenvalue weighted by atomic mass is 16.5. The van der Waals surface area contributed by atoms with Crippen LogP contribution in [0.5, 0.6) is 5.75 Å². The first kappa shape index (κ1) is 14.0. The lowest BCUT2D eigenvalue weighted by atomic mass is 10.1. The number of carbonyl (C=O) groups is 2. The van der Waals surface area contributed by atoms with Crippen molar-refractivity contribution < 1.29 is 24.5 Å². The minimum Gasteiger partial charge on any atom is -0.508 e. The summed E-state index contributed by atoms with van der Waals surface area (Å²) in [6, 6.07) is 5.16. The number of nitrogens with one attached hydrogen (secondary N) is 1. The second-order valence-corrected chi connectivity index (χ2v) is 3.76. The molecule has 1 atom stereocenters. The van der Waals surface area contributed by atoms with Gasteiger partial charge in [0.15, 0.2) is 6.04 Å². The number of amides is 1. The number of carboxylic acids is 1. The summed E-state index contributed by atoms with van der Waals surface area (Å²) in [5.74, 6) is -1.53. The molecule has 0 saturated heterocycles. The van der Waals surface area contributed by atoms with Gasteiger partial charge in [-0.2, -0.15) is 0 Å². The van der Waals surface area contributed by atoms with Crippen LogP contribution < -0.4 is 5.32 Å². The molecule has 0 bridgehead atoms. The number of aromatic hydroxyl groups is 1. The summed E-state index contributed by atoms with van der Waals surface area (Å²) in [5, 5.41) is 20.4. The molecule has 1 unspecified atom stereocenters.